The van der Waals surface area contributed by atoms with E-state index in [0.29, 0.717) is 25.9 Å². The van der Waals surface area contributed by atoms with E-state index in [4.69, 9.17) is 0 Å². The number of hydrogen-bond donors (Lipinski definition) is 1. The molecule has 3 nitrogen and oxygen atoms in total. The van der Waals surface area contributed by atoms with Gasteiger partial charge in [0.05, 0.1) is 5.60 Å². The molecular weight excluding hydrogens is 178 g/mol. The van der Waals surface area contributed by atoms with Gasteiger partial charge in [-0.05, 0) is 19.8 Å². The van der Waals surface area contributed by atoms with Crippen LogP contribution in [0.3, 0.4) is 0 Å². The predicted molar refractivity (Wildman–Crippen MR) is 55.9 cm³/mol. The molecule has 1 amide bonds. The van der Waals surface area contributed by atoms with E-state index < -0.39 is 5.60 Å². The van der Waals surface area contributed by atoms with E-state index in [-0.39, 0.29) is 11.3 Å². The molecule has 1 N–H and O–H groups in total. The largest absolute Gasteiger partial charge is 0.390 e. The van der Waals surface area contributed by atoms with Crippen LogP contribution in [0, 0.1) is 5.41 Å². The first-order chi connectivity index (χ1) is 6.22. The lowest BCUT2D eigenvalue weighted by atomic mass is 9.90. The van der Waals surface area contributed by atoms with Gasteiger partial charge in [0.25, 0.3) is 0 Å². The van der Waals surface area contributed by atoms with Gasteiger partial charge in [0.2, 0.25) is 5.91 Å². The number of hydrogen-bond acceptors (Lipinski definition) is 2. The number of aliphatic hydroxyl groups is 1. The van der Waals surface area contributed by atoms with E-state index in [1.807, 2.05) is 32.6 Å². The summed E-state index contributed by atoms with van der Waals surface area (Å²) in [6.45, 7) is 9.00. The Morgan fingerprint density at radius 3 is 2.07 bits per heavy atom. The van der Waals surface area contributed by atoms with E-state index in [1.54, 1.807) is 0 Å². The normalized spacial score (nSPS) is 22.2. The van der Waals surface area contributed by atoms with Crippen molar-refractivity contribution in [2.45, 2.75) is 46.1 Å². The van der Waals surface area contributed by atoms with Crippen molar-refractivity contribution in [1.29, 1.82) is 0 Å². The van der Waals surface area contributed by atoms with Crippen LogP contribution >= 0.6 is 0 Å². The molecule has 1 aliphatic rings. The number of amides is 1. The summed E-state index contributed by atoms with van der Waals surface area (Å²) in [6, 6.07) is 0. The highest BCUT2D eigenvalue weighted by Gasteiger charge is 2.33. The van der Waals surface area contributed by atoms with E-state index >= 15 is 0 Å². The first-order valence-electron chi connectivity index (χ1n) is 5.24. The van der Waals surface area contributed by atoms with Crippen molar-refractivity contribution in [3.8, 4) is 0 Å². The number of nitrogens with zero attached hydrogens (tertiary/aromatic N) is 1. The molecule has 1 saturated heterocycles. The van der Waals surface area contributed by atoms with Crippen molar-refractivity contribution in [2.75, 3.05) is 13.1 Å². The fourth-order valence-corrected chi connectivity index (χ4v) is 1.67. The SMILES string of the molecule is CC1(O)CCN(C(=O)C(C)(C)C)CC1. The molecule has 0 spiro atoms. The molecule has 0 radical (unpaired) electrons. The van der Waals surface area contributed by atoms with Crippen LogP contribution in [0.4, 0.5) is 0 Å². The molecule has 0 aromatic rings. The maximum atomic E-state index is 11.9. The molecular formula is C11H21NO2. The Labute approximate surface area is 86.1 Å². The Hall–Kier alpha value is -0.570. The molecule has 1 rings (SSSR count). The summed E-state index contributed by atoms with van der Waals surface area (Å²) in [5.41, 5.74) is -0.877. The van der Waals surface area contributed by atoms with Gasteiger partial charge in [0.1, 0.15) is 0 Å². The zero-order valence-corrected chi connectivity index (χ0v) is 9.63. The second-order valence-corrected chi connectivity index (χ2v) is 5.54. The smallest absolute Gasteiger partial charge is 0.227 e. The van der Waals surface area contributed by atoms with E-state index in [1.165, 1.54) is 0 Å². The van der Waals surface area contributed by atoms with Gasteiger partial charge in [0.15, 0.2) is 0 Å². The number of carbonyl (C=O) groups is 1. The van der Waals surface area contributed by atoms with Crippen molar-refractivity contribution in [1.82, 2.24) is 4.90 Å². The average Bonchev–Trinajstić information content (AvgIpc) is 2.01. The van der Waals surface area contributed by atoms with E-state index in [9.17, 15) is 9.90 Å². The molecule has 0 aromatic carbocycles. The monoisotopic (exact) mass is 199 g/mol. The molecule has 3 heteroatoms. The van der Waals surface area contributed by atoms with Gasteiger partial charge in [-0.25, -0.2) is 0 Å². The van der Waals surface area contributed by atoms with Crippen LogP contribution in [0.25, 0.3) is 0 Å². The third-order valence-electron chi connectivity index (χ3n) is 2.77. The van der Waals surface area contributed by atoms with Gasteiger partial charge in [-0.15, -0.1) is 0 Å². The van der Waals surface area contributed by atoms with Gasteiger partial charge in [0, 0.05) is 18.5 Å². The molecule has 0 atom stereocenters. The van der Waals surface area contributed by atoms with Gasteiger partial charge in [-0.1, -0.05) is 20.8 Å². The van der Waals surface area contributed by atoms with Crippen LogP contribution < -0.4 is 0 Å². The summed E-state index contributed by atoms with van der Waals surface area (Å²) in [7, 11) is 0. The molecule has 0 aromatic heterocycles. The van der Waals surface area contributed by atoms with E-state index in [0.717, 1.165) is 0 Å². The summed E-state index contributed by atoms with van der Waals surface area (Å²) in [5, 5.41) is 9.74. The summed E-state index contributed by atoms with van der Waals surface area (Å²) < 4.78 is 0. The van der Waals surface area contributed by atoms with Gasteiger partial charge in [-0.3, -0.25) is 4.79 Å². The fraction of sp³-hybridized carbons (Fsp3) is 0.909. The van der Waals surface area contributed by atoms with Crippen molar-refractivity contribution < 1.29 is 9.90 Å². The van der Waals surface area contributed by atoms with Crippen molar-refractivity contribution in [2.24, 2.45) is 5.41 Å². The number of likely N-dealkylation sites (tertiary alicyclic amines) is 1. The first kappa shape index (κ1) is 11.5. The van der Waals surface area contributed by atoms with Crippen molar-refractivity contribution >= 4 is 5.91 Å². The Morgan fingerprint density at radius 2 is 1.71 bits per heavy atom. The van der Waals surface area contributed by atoms with Crippen LogP contribution in [-0.2, 0) is 4.79 Å². The Balaban J connectivity index is 2.55. The highest BCUT2D eigenvalue weighted by molar-refractivity contribution is 5.81. The molecule has 14 heavy (non-hydrogen) atoms. The Kier molecular flexibility index (Phi) is 2.91. The van der Waals surface area contributed by atoms with Gasteiger partial charge >= 0.3 is 0 Å². The third-order valence-corrected chi connectivity index (χ3v) is 2.77. The zero-order valence-electron chi connectivity index (χ0n) is 9.63. The molecule has 1 fully saturated rings. The minimum absolute atomic E-state index is 0.188. The lowest BCUT2D eigenvalue weighted by molar-refractivity contribution is -0.143. The highest BCUT2D eigenvalue weighted by atomic mass is 16.3. The second-order valence-electron chi connectivity index (χ2n) is 5.54. The standard InChI is InChI=1S/C11H21NO2/c1-10(2,3)9(13)12-7-5-11(4,14)6-8-12/h14H,5-8H2,1-4H3. The second kappa shape index (κ2) is 3.54. The van der Waals surface area contributed by atoms with Gasteiger partial charge < -0.3 is 10.0 Å². The maximum absolute atomic E-state index is 11.9. The topological polar surface area (TPSA) is 40.5 Å². The van der Waals surface area contributed by atoms with Crippen LogP contribution in [0.15, 0.2) is 0 Å². The number of carbonyl (C=O) groups excluding carboxylic acids is 1. The lowest BCUT2D eigenvalue weighted by Crippen LogP contribution is -2.48. The minimum Gasteiger partial charge on any atom is -0.390 e. The summed E-state index contributed by atoms with van der Waals surface area (Å²) >= 11 is 0. The highest BCUT2D eigenvalue weighted by Crippen LogP contribution is 2.25. The number of piperidine rings is 1. The summed E-state index contributed by atoms with van der Waals surface area (Å²) in [6.07, 6.45) is 1.38. The molecule has 82 valence electrons. The molecule has 1 heterocycles. The minimum atomic E-state index is -0.575. The molecule has 0 bridgehead atoms. The Morgan fingerprint density at radius 1 is 1.29 bits per heavy atom. The predicted octanol–water partition coefficient (Wildman–Crippen LogP) is 1.41. The molecule has 0 saturated carbocycles. The molecule has 1 aliphatic heterocycles. The van der Waals surface area contributed by atoms with Crippen LogP contribution in [-0.4, -0.2) is 34.6 Å². The van der Waals surface area contributed by atoms with Gasteiger partial charge in [-0.2, -0.15) is 0 Å². The zero-order chi connectivity index (χ0) is 11.0. The first-order valence-corrected chi connectivity index (χ1v) is 5.24. The van der Waals surface area contributed by atoms with Crippen LogP contribution in [0.1, 0.15) is 40.5 Å². The third kappa shape index (κ3) is 2.71. The summed E-state index contributed by atoms with van der Waals surface area (Å²) in [4.78, 5) is 13.7. The van der Waals surface area contributed by atoms with E-state index in [2.05, 4.69) is 0 Å². The lowest BCUT2D eigenvalue weighted by Gasteiger charge is -2.38. The van der Waals surface area contributed by atoms with Crippen LogP contribution in [0.5, 0.6) is 0 Å². The van der Waals surface area contributed by atoms with Crippen molar-refractivity contribution in [3.63, 3.8) is 0 Å². The van der Waals surface area contributed by atoms with Crippen LogP contribution in [0.2, 0.25) is 0 Å². The number of rotatable bonds is 0. The quantitative estimate of drug-likeness (QED) is 0.640. The maximum Gasteiger partial charge on any atom is 0.227 e. The Bertz CT molecular complexity index is 218. The molecule has 0 aliphatic carbocycles. The fourth-order valence-electron chi connectivity index (χ4n) is 1.67. The van der Waals surface area contributed by atoms with Crippen molar-refractivity contribution in [3.05, 3.63) is 0 Å². The average molecular weight is 199 g/mol. The molecule has 0 unspecified atom stereocenters. The summed E-state index contributed by atoms with van der Waals surface area (Å²) in [5.74, 6) is 0.188.